The Morgan fingerprint density at radius 1 is 1.17 bits per heavy atom. The van der Waals surface area contributed by atoms with E-state index in [2.05, 4.69) is 26.2 Å². The van der Waals surface area contributed by atoms with Gasteiger partial charge >= 0.3 is 0 Å². The quantitative estimate of drug-likeness (QED) is 0.409. The number of anilines is 1. The Kier molecular flexibility index (Phi) is 9.02. The van der Waals surface area contributed by atoms with Crippen LogP contribution in [0.1, 0.15) is 38.8 Å². The molecule has 0 bridgehead atoms. The average molecular weight is 561 g/mol. The summed E-state index contributed by atoms with van der Waals surface area (Å²) in [7, 11) is 1.53. The normalized spacial score (nSPS) is 16.0. The van der Waals surface area contributed by atoms with Gasteiger partial charge in [-0.1, -0.05) is 33.6 Å². The van der Waals surface area contributed by atoms with Crippen molar-refractivity contribution in [3.05, 3.63) is 56.9 Å². The van der Waals surface area contributed by atoms with E-state index in [1.807, 2.05) is 65.0 Å². The van der Waals surface area contributed by atoms with Crippen LogP contribution in [0.3, 0.4) is 0 Å². The zero-order chi connectivity index (χ0) is 25.7. The molecule has 0 radical (unpaired) electrons. The molecule has 2 amide bonds. The van der Waals surface area contributed by atoms with Crippen molar-refractivity contribution in [3.63, 3.8) is 0 Å². The molecular formula is C26H30BrN3O4S. The molecule has 3 rings (SSSR count). The Morgan fingerprint density at radius 2 is 1.86 bits per heavy atom. The fourth-order valence-electron chi connectivity index (χ4n) is 3.31. The number of halogens is 1. The van der Waals surface area contributed by atoms with Gasteiger partial charge in [-0.05, 0) is 82.3 Å². The standard InChI is InChI=1S/C26H30BrN3O4S/c1-15(2)28-26-30(16(3)4)25(32)23(35-26)12-18-11-21(33-6)22(13-20(18)27)34-14-24(31)29-19-9-7-17(5)8-10-19/h7-13,15-16H,14H2,1-6H3,(H,29,31)/b23-12+,28-26?. The maximum atomic E-state index is 13.1. The van der Waals surface area contributed by atoms with E-state index in [-0.39, 0.29) is 30.5 Å². The van der Waals surface area contributed by atoms with Crippen LogP contribution in [0.5, 0.6) is 11.5 Å². The zero-order valence-electron chi connectivity index (χ0n) is 20.7. The lowest BCUT2D eigenvalue weighted by Crippen LogP contribution is -2.35. The maximum Gasteiger partial charge on any atom is 0.266 e. The molecule has 2 aromatic rings. The first-order valence-electron chi connectivity index (χ1n) is 11.3. The third-order valence-corrected chi connectivity index (χ3v) is 6.67. The van der Waals surface area contributed by atoms with Gasteiger partial charge in [0.25, 0.3) is 11.8 Å². The number of nitrogens with zero attached hydrogens (tertiary/aromatic N) is 2. The summed E-state index contributed by atoms with van der Waals surface area (Å²) >= 11 is 4.92. The number of carbonyl (C=O) groups excluding carboxylic acids is 2. The summed E-state index contributed by atoms with van der Waals surface area (Å²) in [5, 5.41) is 3.51. The number of benzene rings is 2. The minimum Gasteiger partial charge on any atom is -0.493 e. The largest absolute Gasteiger partial charge is 0.493 e. The number of aliphatic imine (C=N–C) groups is 1. The van der Waals surface area contributed by atoms with E-state index in [1.165, 1.54) is 18.9 Å². The number of amides is 2. The maximum absolute atomic E-state index is 13.1. The molecule has 0 saturated carbocycles. The highest BCUT2D eigenvalue weighted by Gasteiger charge is 2.35. The second-order valence-corrected chi connectivity index (χ2v) is 10.5. The number of ether oxygens (including phenoxy) is 2. The summed E-state index contributed by atoms with van der Waals surface area (Å²) in [4.78, 5) is 32.3. The third-order valence-electron chi connectivity index (χ3n) is 4.99. The van der Waals surface area contributed by atoms with Crippen molar-refractivity contribution in [2.75, 3.05) is 19.0 Å². The lowest BCUT2D eigenvalue weighted by molar-refractivity contribution is -0.123. The number of rotatable bonds is 8. The zero-order valence-corrected chi connectivity index (χ0v) is 23.1. The topological polar surface area (TPSA) is 80.2 Å². The van der Waals surface area contributed by atoms with Crippen LogP contribution in [-0.2, 0) is 9.59 Å². The van der Waals surface area contributed by atoms with Crippen LogP contribution in [0.4, 0.5) is 5.69 Å². The van der Waals surface area contributed by atoms with E-state index in [0.717, 1.165) is 11.1 Å². The Labute approximate surface area is 219 Å². The summed E-state index contributed by atoms with van der Waals surface area (Å²) in [6.45, 7) is 9.72. The molecule has 9 heteroatoms. The van der Waals surface area contributed by atoms with Crippen molar-refractivity contribution in [2.45, 2.75) is 46.7 Å². The van der Waals surface area contributed by atoms with Gasteiger partial charge in [0.15, 0.2) is 23.3 Å². The monoisotopic (exact) mass is 559 g/mol. The van der Waals surface area contributed by atoms with Crippen LogP contribution in [0.25, 0.3) is 6.08 Å². The van der Waals surface area contributed by atoms with Gasteiger partial charge in [-0.15, -0.1) is 0 Å². The molecule has 1 aliphatic rings. The number of hydrogen-bond acceptors (Lipinski definition) is 6. The highest BCUT2D eigenvalue weighted by Crippen LogP contribution is 2.38. The third kappa shape index (κ3) is 6.89. The number of amidine groups is 1. The van der Waals surface area contributed by atoms with Crippen LogP contribution in [0, 0.1) is 6.92 Å². The van der Waals surface area contributed by atoms with Gasteiger partial charge < -0.3 is 14.8 Å². The fraction of sp³-hybridized carbons (Fsp3) is 0.346. The summed E-state index contributed by atoms with van der Waals surface area (Å²) in [5.41, 5.74) is 2.57. The highest BCUT2D eigenvalue weighted by atomic mass is 79.9. The second kappa shape index (κ2) is 11.8. The molecule has 0 unspecified atom stereocenters. The van der Waals surface area contributed by atoms with Gasteiger partial charge in [0.1, 0.15) is 0 Å². The predicted octanol–water partition coefficient (Wildman–Crippen LogP) is 5.87. The fourth-order valence-corrected chi connectivity index (χ4v) is 4.97. The minimum absolute atomic E-state index is 0.00166. The summed E-state index contributed by atoms with van der Waals surface area (Å²) < 4.78 is 11.9. The molecule has 1 aliphatic heterocycles. The summed E-state index contributed by atoms with van der Waals surface area (Å²) in [6.07, 6.45) is 1.81. The highest BCUT2D eigenvalue weighted by molar-refractivity contribution is 9.10. The Hall–Kier alpha value is -2.78. The van der Waals surface area contributed by atoms with E-state index in [4.69, 9.17) is 9.47 Å². The van der Waals surface area contributed by atoms with Gasteiger partial charge in [-0.3, -0.25) is 19.5 Å². The molecule has 0 aromatic heterocycles. The van der Waals surface area contributed by atoms with E-state index in [9.17, 15) is 9.59 Å². The first kappa shape index (κ1) is 26.8. The van der Waals surface area contributed by atoms with E-state index >= 15 is 0 Å². The van der Waals surface area contributed by atoms with Crippen LogP contribution in [-0.4, -0.2) is 47.7 Å². The van der Waals surface area contributed by atoms with Crippen LogP contribution in [0.2, 0.25) is 0 Å². The van der Waals surface area contributed by atoms with Gasteiger partial charge in [0, 0.05) is 22.2 Å². The molecule has 0 spiro atoms. The Morgan fingerprint density at radius 3 is 2.46 bits per heavy atom. The van der Waals surface area contributed by atoms with Crippen LogP contribution in [0.15, 0.2) is 50.8 Å². The van der Waals surface area contributed by atoms with E-state index in [1.54, 1.807) is 17.0 Å². The van der Waals surface area contributed by atoms with Gasteiger partial charge in [-0.25, -0.2) is 0 Å². The number of nitrogens with one attached hydrogen (secondary N) is 1. The molecule has 186 valence electrons. The number of thioether (sulfide) groups is 1. The smallest absolute Gasteiger partial charge is 0.266 e. The van der Waals surface area contributed by atoms with E-state index < -0.39 is 0 Å². The predicted molar refractivity (Wildman–Crippen MR) is 146 cm³/mol. The summed E-state index contributed by atoms with van der Waals surface area (Å²) in [5.74, 6) is 0.507. The second-order valence-electron chi connectivity index (χ2n) is 8.61. The molecule has 35 heavy (non-hydrogen) atoms. The first-order chi connectivity index (χ1) is 16.6. The van der Waals surface area contributed by atoms with Gasteiger partial charge in [-0.2, -0.15) is 0 Å². The number of carbonyl (C=O) groups is 2. The lowest BCUT2D eigenvalue weighted by atomic mass is 10.1. The number of hydrogen-bond donors (Lipinski definition) is 1. The van der Waals surface area contributed by atoms with E-state index in [0.29, 0.717) is 31.7 Å². The van der Waals surface area contributed by atoms with Crippen LogP contribution < -0.4 is 14.8 Å². The molecule has 2 aromatic carbocycles. The van der Waals surface area contributed by atoms with Crippen molar-refractivity contribution in [3.8, 4) is 11.5 Å². The SMILES string of the molecule is COc1cc(/C=C2/SC(=NC(C)C)N(C(C)C)C2=O)c(Br)cc1OCC(=O)Nc1ccc(C)cc1. The molecule has 7 nitrogen and oxygen atoms in total. The average Bonchev–Trinajstić information content (AvgIpc) is 3.09. The summed E-state index contributed by atoms with van der Waals surface area (Å²) in [6, 6.07) is 11.1. The molecule has 1 saturated heterocycles. The Bertz CT molecular complexity index is 1160. The molecule has 1 N–H and O–H groups in total. The van der Waals surface area contributed by atoms with Gasteiger partial charge in [0.05, 0.1) is 12.0 Å². The van der Waals surface area contributed by atoms with Crippen molar-refractivity contribution in [1.29, 1.82) is 0 Å². The lowest BCUT2D eigenvalue weighted by Gasteiger charge is -2.20. The molecule has 0 atom stereocenters. The number of methoxy groups -OCH3 is 1. The van der Waals surface area contributed by atoms with Crippen molar-refractivity contribution in [2.24, 2.45) is 4.99 Å². The molecule has 1 fully saturated rings. The molecular weight excluding hydrogens is 530 g/mol. The first-order valence-corrected chi connectivity index (χ1v) is 12.9. The molecule has 1 heterocycles. The van der Waals surface area contributed by atoms with Gasteiger partial charge in [0.2, 0.25) is 0 Å². The Balaban J connectivity index is 1.78. The van der Waals surface area contributed by atoms with Crippen molar-refractivity contribution < 1.29 is 19.1 Å². The number of aryl methyl sites for hydroxylation is 1. The molecule has 0 aliphatic carbocycles. The van der Waals surface area contributed by atoms with Crippen molar-refractivity contribution in [1.82, 2.24) is 4.90 Å². The minimum atomic E-state index is -0.281. The van der Waals surface area contributed by atoms with Crippen LogP contribution >= 0.6 is 27.7 Å². The van der Waals surface area contributed by atoms with Crippen molar-refractivity contribution >= 4 is 56.4 Å².